The zero-order valence-electron chi connectivity index (χ0n) is 11.7. The highest BCUT2D eigenvalue weighted by molar-refractivity contribution is 9.13. The summed E-state index contributed by atoms with van der Waals surface area (Å²) < 4.78 is 7.06. The van der Waals surface area contributed by atoms with Crippen LogP contribution in [0.4, 0.5) is 0 Å². The van der Waals surface area contributed by atoms with Gasteiger partial charge in [0.15, 0.2) is 0 Å². The van der Waals surface area contributed by atoms with Crippen molar-refractivity contribution in [1.82, 2.24) is 10.2 Å². The number of hydrogen-bond acceptors (Lipinski definition) is 4. The van der Waals surface area contributed by atoms with Gasteiger partial charge in [-0.05, 0) is 51.8 Å². The average molecular weight is 440 g/mol. The maximum atomic E-state index is 12.6. The molecule has 1 unspecified atom stereocenters. The van der Waals surface area contributed by atoms with E-state index < -0.39 is 6.04 Å². The van der Waals surface area contributed by atoms with Gasteiger partial charge < -0.3 is 15.0 Å². The number of rotatable bonds is 3. The number of nitrogens with zero attached hydrogens (tertiary/aromatic N) is 1. The van der Waals surface area contributed by atoms with Gasteiger partial charge in [0.2, 0.25) is 5.91 Å². The van der Waals surface area contributed by atoms with Crippen molar-refractivity contribution < 1.29 is 14.3 Å². The number of halogens is 2. The van der Waals surface area contributed by atoms with Crippen LogP contribution in [0.1, 0.15) is 23.5 Å². The van der Waals surface area contributed by atoms with Crippen molar-refractivity contribution in [3.63, 3.8) is 0 Å². The van der Waals surface area contributed by atoms with E-state index in [1.807, 2.05) is 13.8 Å². The number of hydrogen-bond donors (Lipinski definition) is 1. The molecule has 0 aromatic carbocycles. The average Bonchev–Trinajstić information content (AvgIpc) is 2.77. The first kappa shape index (κ1) is 16.9. The normalized spacial score (nSPS) is 18.9. The first-order valence-electron chi connectivity index (χ1n) is 6.54. The van der Waals surface area contributed by atoms with Crippen LogP contribution in [-0.4, -0.2) is 48.6 Å². The maximum absolute atomic E-state index is 12.6. The molecule has 1 saturated heterocycles. The number of carbonyl (C=O) groups excluding carboxylic acids is 2. The zero-order chi connectivity index (χ0) is 15.6. The number of carbonyl (C=O) groups is 2. The van der Waals surface area contributed by atoms with Crippen molar-refractivity contribution >= 4 is 55.0 Å². The van der Waals surface area contributed by atoms with E-state index >= 15 is 0 Å². The minimum Gasteiger partial charge on any atom is -0.377 e. The van der Waals surface area contributed by atoms with E-state index in [-0.39, 0.29) is 24.5 Å². The Kier molecular flexibility index (Phi) is 5.81. The third-order valence-corrected chi connectivity index (χ3v) is 6.22. The fraction of sp³-hybridized carbons (Fsp3) is 0.538. The Bertz CT molecular complexity index is 528. The molecule has 1 aromatic rings. The third kappa shape index (κ3) is 4.06. The van der Waals surface area contributed by atoms with Crippen molar-refractivity contribution in [3.05, 3.63) is 19.2 Å². The molecule has 0 saturated carbocycles. The Balaban J connectivity index is 2.18. The lowest BCUT2D eigenvalue weighted by molar-refractivity contribution is -0.131. The molecule has 5 nitrogen and oxygen atoms in total. The van der Waals surface area contributed by atoms with Crippen molar-refractivity contribution in [3.8, 4) is 0 Å². The fourth-order valence-electron chi connectivity index (χ4n) is 2.04. The quantitative estimate of drug-likeness (QED) is 0.787. The predicted molar refractivity (Wildman–Crippen MR) is 88.6 cm³/mol. The summed E-state index contributed by atoms with van der Waals surface area (Å²) in [7, 11) is 0. The number of thiophene rings is 1. The van der Waals surface area contributed by atoms with Crippen LogP contribution in [0.5, 0.6) is 0 Å². The van der Waals surface area contributed by atoms with E-state index in [0.717, 1.165) is 8.26 Å². The highest BCUT2D eigenvalue weighted by Gasteiger charge is 2.34. The van der Waals surface area contributed by atoms with E-state index in [1.54, 1.807) is 11.0 Å². The van der Waals surface area contributed by atoms with E-state index in [2.05, 4.69) is 37.2 Å². The van der Waals surface area contributed by atoms with Crippen molar-refractivity contribution in [2.75, 3.05) is 19.8 Å². The molecule has 116 valence electrons. The van der Waals surface area contributed by atoms with Gasteiger partial charge in [-0.25, -0.2) is 0 Å². The smallest absolute Gasteiger partial charge is 0.264 e. The van der Waals surface area contributed by atoms with Crippen molar-refractivity contribution in [2.45, 2.75) is 25.9 Å². The number of morpholine rings is 1. The molecule has 0 bridgehead atoms. The largest absolute Gasteiger partial charge is 0.377 e. The van der Waals surface area contributed by atoms with Gasteiger partial charge in [-0.15, -0.1) is 11.3 Å². The molecule has 2 amide bonds. The van der Waals surface area contributed by atoms with Crippen LogP contribution < -0.4 is 5.32 Å². The Morgan fingerprint density at radius 2 is 2.19 bits per heavy atom. The molecule has 1 fully saturated rings. The van der Waals surface area contributed by atoms with E-state index in [4.69, 9.17) is 4.74 Å². The zero-order valence-corrected chi connectivity index (χ0v) is 15.7. The van der Waals surface area contributed by atoms with E-state index in [1.165, 1.54) is 11.3 Å². The summed E-state index contributed by atoms with van der Waals surface area (Å²) in [5, 5.41) is 2.84. The number of nitrogens with one attached hydrogen (secondary N) is 1. The highest BCUT2D eigenvalue weighted by Crippen LogP contribution is 2.33. The predicted octanol–water partition coefficient (Wildman–Crippen LogP) is 2.64. The summed E-state index contributed by atoms with van der Waals surface area (Å²) in [6, 6.07) is 1.22. The van der Waals surface area contributed by atoms with Crippen LogP contribution in [0.3, 0.4) is 0 Å². The SMILES string of the molecule is CC(C)NC(=O)C1COCCN1C(=O)c1cc(Br)c(Br)s1. The topological polar surface area (TPSA) is 58.6 Å². The molecule has 0 spiro atoms. The molecule has 2 heterocycles. The van der Waals surface area contributed by atoms with Crippen LogP contribution in [0, 0.1) is 0 Å². The summed E-state index contributed by atoms with van der Waals surface area (Å²) in [5.41, 5.74) is 0. The van der Waals surface area contributed by atoms with Crippen LogP contribution in [-0.2, 0) is 9.53 Å². The van der Waals surface area contributed by atoms with Crippen molar-refractivity contribution in [1.29, 1.82) is 0 Å². The highest BCUT2D eigenvalue weighted by atomic mass is 79.9. The van der Waals surface area contributed by atoms with Gasteiger partial charge in [0, 0.05) is 17.1 Å². The minimum atomic E-state index is -0.576. The lowest BCUT2D eigenvalue weighted by Crippen LogP contribution is -2.56. The maximum Gasteiger partial charge on any atom is 0.264 e. The lowest BCUT2D eigenvalue weighted by atomic mass is 10.2. The summed E-state index contributed by atoms with van der Waals surface area (Å²) in [4.78, 5) is 27.0. The van der Waals surface area contributed by atoms with Crippen molar-refractivity contribution in [2.24, 2.45) is 0 Å². The Hall–Kier alpha value is -0.440. The molecule has 1 N–H and O–H groups in total. The number of ether oxygens (including phenoxy) is 1. The third-order valence-electron chi connectivity index (χ3n) is 2.98. The number of amides is 2. The Labute approximate surface area is 144 Å². The van der Waals surface area contributed by atoms with Gasteiger partial charge in [0.1, 0.15) is 6.04 Å². The molecule has 1 aromatic heterocycles. The summed E-state index contributed by atoms with van der Waals surface area (Å²) >= 11 is 8.11. The summed E-state index contributed by atoms with van der Waals surface area (Å²) in [6.07, 6.45) is 0. The van der Waals surface area contributed by atoms with Gasteiger partial charge in [-0.3, -0.25) is 9.59 Å². The van der Waals surface area contributed by atoms with Gasteiger partial charge in [-0.2, -0.15) is 0 Å². The molecule has 1 aliphatic heterocycles. The van der Waals surface area contributed by atoms with Crippen LogP contribution >= 0.6 is 43.2 Å². The fourth-order valence-corrected chi connectivity index (χ4v) is 4.03. The lowest BCUT2D eigenvalue weighted by Gasteiger charge is -2.34. The summed E-state index contributed by atoms with van der Waals surface area (Å²) in [6.45, 7) is 4.88. The van der Waals surface area contributed by atoms with Gasteiger partial charge in [0.05, 0.1) is 21.9 Å². The Morgan fingerprint density at radius 1 is 1.48 bits per heavy atom. The van der Waals surface area contributed by atoms with Crippen LogP contribution in [0.2, 0.25) is 0 Å². The molecule has 1 atom stereocenters. The molecule has 2 rings (SSSR count). The summed E-state index contributed by atoms with van der Waals surface area (Å²) in [5.74, 6) is -0.314. The molecule has 8 heteroatoms. The molecule has 0 radical (unpaired) electrons. The second kappa shape index (κ2) is 7.21. The van der Waals surface area contributed by atoms with Crippen LogP contribution in [0.15, 0.2) is 14.3 Å². The van der Waals surface area contributed by atoms with Gasteiger partial charge >= 0.3 is 0 Å². The molecule has 21 heavy (non-hydrogen) atoms. The van der Waals surface area contributed by atoms with Gasteiger partial charge in [-0.1, -0.05) is 0 Å². The molecular formula is C13H16Br2N2O3S. The molecule has 1 aliphatic rings. The second-order valence-electron chi connectivity index (χ2n) is 4.98. The first-order chi connectivity index (χ1) is 9.90. The molecular weight excluding hydrogens is 424 g/mol. The minimum absolute atomic E-state index is 0.0291. The van der Waals surface area contributed by atoms with E-state index in [0.29, 0.717) is 18.0 Å². The Morgan fingerprint density at radius 3 is 2.76 bits per heavy atom. The standard InChI is InChI=1S/C13H16Br2N2O3S/c1-7(2)16-12(18)9-6-20-4-3-17(9)13(19)10-5-8(14)11(15)21-10/h5,7,9H,3-4,6H2,1-2H3,(H,16,18). The molecule has 0 aliphatic carbocycles. The van der Waals surface area contributed by atoms with Crippen LogP contribution in [0.25, 0.3) is 0 Å². The van der Waals surface area contributed by atoms with Gasteiger partial charge in [0.25, 0.3) is 5.91 Å². The monoisotopic (exact) mass is 438 g/mol. The van der Waals surface area contributed by atoms with E-state index in [9.17, 15) is 9.59 Å². The second-order valence-corrected chi connectivity index (χ2v) is 8.21. The first-order valence-corrected chi connectivity index (χ1v) is 8.94.